The number of rotatable bonds is 5. The Bertz CT molecular complexity index is 1270. The third-order valence-corrected chi connectivity index (χ3v) is 5.04. The van der Waals surface area contributed by atoms with Crippen molar-refractivity contribution in [3.05, 3.63) is 78.2 Å². The molecule has 28 heavy (non-hydrogen) atoms. The normalized spacial score (nSPS) is 11.3. The highest BCUT2D eigenvalue weighted by Gasteiger charge is 2.10. The standard InChI is InChI=1S/C22H20N6/c23-22-26-13-16(6-5-15-12-25-20-4-2-1-3-18(15)20)21(28-22)27-17-7-8-19-14(11-17)9-10-24-19/h1-4,7-13,24-25H,5-6H2,(H3,23,26,27,28). The van der Waals surface area contributed by atoms with Crippen LogP contribution in [-0.2, 0) is 12.8 Å². The summed E-state index contributed by atoms with van der Waals surface area (Å²) >= 11 is 0. The average Bonchev–Trinajstić information content (AvgIpc) is 3.34. The molecule has 0 saturated heterocycles. The van der Waals surface area contributed by atoms with Gasteiger partial charge in [0, 0.05) is 51.6 Å². The average molecular weight is 368 g/mol. The molecule has 138 valence electrons. The summed E-state index contributed by atoms with van der Waals surface area (Å²) in [4.78, 5) is 15.2. The number of aromatic amines is 2. The Kier molecular flexibility index (Phi) is 3.94. The second-order valence-corrected chi connectivity index (χ2v) is 6.87. The van der Waals surface area contributed by atoms with Crippen molar-refractivity contribution in [1.29, 1.82) is 0 Å². The Hall–Kier alpha value is -3.80. The highest BCUT2D eigenvalue weighted by atomic mass is 15.1. The first kappa shape index (κ1) is 16.4. The molecule has 0 aliphatic rings. The first-order chi connectivity index (χ1) is 13.8. The zero-order valence-electron chi connectivity index (χ0n) is 15.2. The van der Waals surface area contributed by atoms with E-state index >= 15 is 0 Å². The molecule has 2 aromatic carbocycles. The first-order valence-corrected chi connectivity index (χ1v) is 9.27. The molecule has 3 aromatic heterocycles. The van der Waals surface area contributed by atoms with Gasteiger partial charge in [-0.15, -0.1) is 0 Å². The monoisotopic (exact) mass is 368 g/mol. The number of anilines is 3. The quantitative estimate of drug-likeness (QED) is 0.366. The zero-order valence-corrected chi connectivity index (χ0v) is 15.2. The zero-order chi connectivity index (χ0) is 18.9. The van der Waals surface area contributed by atoms with Crippen LogP contribution in [0.2, 0.25) is 0 Å². The SMILES string of the molecule is Nc1ncc(CCc2c[nH]c3ccccc23)c(Nc2ccc3[nH]ccc3c2)n1. The van der Waals surface area contributed by atoms with Gasteiger partial charge >= 0.3 is 0 Å². The van der Waals surface area contributed by atoms with E-state index in [0.29, 0.717) is 0 Å². The highest BCUT2D eigenvalue weighted by Crippen LogP contribution is 2.25. The van der Waals surface area contributed by atoms with Crippen LogP contribution in [0.1, 0.15) is 11.1 Å². The second-order valence-electron chi connectivity index (χ2n) is 6.87. The van der Waals surface area contributed by atoms with Crippen LogP contribution in [-0.4, -0.2) is 19.9 Å². The molecule has 0 atom stereocenters. The van der Waals surface area contributed by atoms with E-state index in [4.69, 9.17) is 5.73 Å². The maximum absolute atomic E-state index is 5.85. The van der Waals surface area contributed by atoms with E-state index in [-0.39, 0.29) is 5.95 Å². The molecular formula is C22H20N6. The predicted molar refractivity (Wildman–Crippen MR) is 114 cm³/mol. The molecule has 0 aliphatic carbocycles. The van der Waals surface area contributed by atoms with Gasteiger partial charge in [-0.25, -0.2) is 4.98 Å². The fourth-order valence-corrected chi connectivity index (χ4v) is 3.59. The molecule has 5 aromatic rings. The summed E-state index contributed by atoms with van der Waals surface area (Å²) in [6.07, 6.45) is 7.54. The van der Waals surface area contributed by atoms with Gasteiger partial charge in [0.15, 0.2) is 0 Å². The molecule has 0 bridgehead atoms. The van der Waals surface area contributed by atoms with Crippen molar-refractivity contribution < 1.29 is 0 Å². The lowest BCUT2D eigenvalue weighted by molar-refractivity contribution is 0.945. The van der Waals surface area contributed by atoms with Crippen molar-refractivity contribution in [3.8, 4) is 0 Å². The number of H-pyrrole nitrogens is 2. The van der Waals surface area contributed by atoms with Crippen LogP contribution in [0.3, 0.4) is 0 Å². The van der Waals surface area contributed by atoms with E-state index in [0.717, 1.165) is 46.3 Å². The molecule has 0 spiro atoms. The largest absolute Gasteiger partial charge is 0.368 e. The fourth-order valence-electron chi connectivity index (χ4n) is 3.59. The lowest BCUT2D eigenvalue weighted by Crippen LogP contribution is -2.05. The number of aromatic nitrogens is 4. The number of nitrogens with one attached hydrogen (secondary N) is 3. The Labute approximate surface area is 161 Å². The molecule has 5 N–H and O–H groups in total. The maximum Gasteiger partial charge on any atom is 0.221 e. The van der Waals surface area contributed by atoms with Crippen molar-refractivity contribution in [1.82, 2.24) is 19.9 Å². The number of nitrogens with zero attached hydrogens (tertiary/aromatic N) is 2. The van der Waals surface area contributed by atoms with Gasteiger partial charge < -0.3 is 21.0 Å². The molecule has 0 unspecified atom stereocenters. The molecule has 5 rings (SSSR count). The minimum Gasteiger partial charge on any atom is -0.368 e. The van der Waals surface area contributed by atoms with E-state index in [1.165, 1.54) is 10.9 Å². The Morgan fingerprint density at radius 3 is 2.79 bits per heavy atom. The Balaban J connectivity index is 1.41. The molecule has 3 heterocycles. The van der Waals surface area contributed by atoms with Gasteiger partial charge in [-0.1, -0.05) is 18.2 Å². The summed E-state index contributed by atoms with van der Waals surface area (Å²) in [6, 6.07) is 16.6. The Morgan fingerprint density at radius 2 is 1.82 bits per heavy atom. The van der Waals surface area contributed by atoms with Gasteiger partial charge in [-0.3, -0.25) is 0 Å². The van der Waals surface area contributed by atoms with Gasteiger partial charge in [0.2, 0.25) is 5.95 Å². The van der Waals surface area contributed by atoms with Gasteiger partial charge in [-0.2, -0.15) is 4.98 Å². The molecule has 0 radical (unpaired) electrons. The number of hydrogen-bond acceptors (Lipinski definition) is 4. The smallest absolute Gasteiger partial charge is 0.221 e. The fraction of sp³-hybridized carbons (Fsp3) is 0.0909. The summed E-state index contributed by atoms with van der Waals surface area (Å²) in [5.41, 5.74) is 11.4. The number of nitrogen functional groups attached to an aromatic ring is 1. The lowest BCUT2D eigenvalue weighted by Gasteiger charge is -2.11. The first-order valence-electron chi connectivity index (χ1n) is 9.27. The maximum atomic E-state index is 5.85. The van der Waals surface area contributed by atoms with Crippen molar-refractivity contribution >= 4 is 39.3 Å². The van der Waals surface area contributed by atoms with E-state index in [1.54, 1.807) is 0 Å². The van der Waals surface area contributed by atoms with Crippen molar-refractivity contribution in [2.24, 2.45) is 0 Å². The lowest BCUT2D eigenvalue weighted by atomic mass is 10.0. The number of para-hydroxylation sites is 1. The molecule has 6 nitrogen and oxygen atoms in total. The number of nitrogens with two attached hydrogens (primary N) is 1. The number of fused-ring (bicyclic) bond motifs is 2. The van der Waals surface area contributed by atoms with Crippen LogP contribution in [0.25, 0.3) is 21.8 Å². The van der Waals surface area contributed by atoms with Crippen LogP contribution < -0.4 is 11.1 Å². The van der Waals surface area contributed by atoms with Crippen LogP contribution >= 0.6 is 0 Å². The highest BCUT2D eigenvalue weighted by molar-refractivity contribution is 5.84. The molecule has 0 aliphatic heterocycles. The molecule has 0 fully saturated rings. The third kappa shape index (κ3) is 3.05. The topological polar surface area (TPSA) is 95.4 Å². The molecular weight excluding hydrogens is 348 g/mol. The van der Waals surface area contributed by atoms with Crippen molar-refractivity contribution in [2.45, 2.75) is 12.8 Å². The summed E-state index contributed by atoms with van der Waals surface area (Å²) in [6.45, 7) is 0. The van der Waals surface area contributed by atoms with Crippen molar-refractivity contribution in [3.63, 3.8) is 0 Å². The minimum atomic E-state index is 0.265. The van der Waals surface area contributed by atoms with Crippen molar-refractivity contribution in [2.75, 3.05) is 11.1 Å². The van der Waals surface area contributed by atoms with Crippen LogP contribution in [0.15, 0.2) is 67.1 Å². The van der Waals surface area contributed by atoms with E-state index < -0.39 is 0 Å². The van der Waals surface area contributed by atoms with E-state index in [1.807, 2.05) is 36.7 Å². The summed E-state index contributed by atoms with van der Waals surface area (Å²) in [5, 5.41) is 5.81. The molecule has 0 amide bonds. The summed E-state index contributed by atoms with van der Waals surface area (Å²) in [7, 11) is 0. The van der Waals surface area contributed by atoms with Crippen LogP contribution in [0.4, 0.5) is 17.5 Å². The van der Waals surface area contributed by atoms with Gasteiger partial charge in [0.25, 0.3) is 0 Å². The van der Waals surface area contributed by atoms with Gasteiger partial charge in [-0.05, 0) is 48.7 Å². The number of aryl methyl sites for hydroxylation is 2. The summed E-state index contributed by atoms with van der Waals surface area (Å²) in [5.74, 6) is 1.02. The van der Waals surface area contributed by atoms with Crippen LogP contribution in [0.5, 0.6) is 0 Å². The van der Waals surface area contributed by atoms with Crippen LogP contribution in [0, 0.1) is 0 Å². The predicted octanol–water partition coefficient (Wildman–Crippen LogP) is 4.55. The minimum absolute atomic E-state index is 0.265. The summed E-state index contributed by atoms with van der Waals surface area (Å²) < 4.78 is 0. The number of hydrogen-bond donors (Lipinski definition) is 4. The second kappa shape index (κ2) is 6.74. The molecule has 0 saturated carbocycles. The number of benzene rings is 2. The van der Waals surface area contributed by atoms with Gasteiger partial charge in [0.1, 0.15) is 5.82 Å². The van der Waals surface area contributed by atoms with E-state index in [9.17, 15) is 0 Å². The van der Waals surface area contributed by atoms with E-state index in [2.05, 4.69) is 55.7 Å². The Morgan fingerprint density at radius 1 is 0.929 bits per heavy atom. The van der Waals surface area contributed by atoms with Gasteiger partial charge in [0.05, 0.1) is 0 Å². The third-order valence-electron chi connectivity index (χ3n) is 5.04. The molecule has 6 heteroatoms.